The number of thioether (sulfide) groups is 1. The van der Waals surface area contributed by atoms with Crippen molar-refractivity contribution >= 4 is 30.1 Å². The molecule has 0 aliphatic carbocycles. The number of rotatable bonds is 4. The summed E-state index contributed by atoms with van der Waals surface area (Å²) in [7, 11) is 0. The van der Waals surface area contributed by atoms with E-state index in [-0.39, 0.29) is 24.4 Å². The van der Waals surface area contributed by atoms with Crippen LogP contribution in [0.5, 0.6) is 0 Å². The molecule has 2 N–H and O–H groups in total. The second-order valence-corrected chi connectivity index (χ2v) is 6.80. The van der Waals surface area contributed by atoms with Gasteiger partial charge in [0.1, 0.15) is 0 Å². The maximum absolute atomic E-state index is 12.4. The Morgan fingerprint density at radius 2 is 2.15 bits per heavy atom. The molecule has 112 valence electrons. The highest BCUT2D eigenvalue weighted by Gasteiger charge is 2.18. The number of nitrogens with one attached hydrogen (secondary N) is 2. The lowest BCUT2D eigenvalue weighted by Gasteiger charge is -2.24. The van der Waals surface area contributed by atoms with Gasteiger partial charge in [-0.05, 0) is 31.5 Å². The van der Waals surface area contributed by atoms with Gasteiger partial charge in [0.15, 0.2) is 0 Å². The Morgan fingerprint density at radius 1 is 1.40 bits per heavy atom. The number of hydrogen-bond acceptors (Lipinski definition) is 3. The van der Waals surface area contributed by atoms with Crippen molar-refractivity contribution in [3.05, 3.63) is 29.8 Å². The van der Waals surface area contributed by atoms with Gasteiger partial charge in [0.25, 0.3) is 5.91 Å². The molecular formula is C15H23ClN2OS. The zero-order chi connectivity index (χ0) is 13.7. The van der Waals surface area contributed by atoms with Crippen molar-refractivity contribution in [2.75, 3.05) is 13.1 Å². The third kappa shape index (κ3) is 5.00. The van der Waals surface area contributed by atoms with Crippen molar-refractivity contribution in [1.82, 2.24) is 10.6 Å². The number of amides is 1. The van der Waals surface area contributed by atoms with E-state index in [1.54, 1.807) is 11.8 Å². The lowest BCUT2D eigenvalue weighted by molar-refractivity contribution is 0.0927. The van der Waals surface area contributed by atoms with Crippen LogP contribution in [0.2, 0.25) is 0 Å². The van der Waals surface area contributed by atoms with Crippen LogP contribution in [-0.2, 0) is 0 Å². The van der Waals surface area contributed by atoms with Gasteiger partial charge in [0.2, 0.25) is 0 Å². The minimum Gasteiger partial charge on any atom is -0.348 e. The molecule has 0 saturated carbocycles. The highest BCUT2D eigenvalue weighted by atomic mass is 35.5. The molecule has 0 unspecified atom stereocenters. The van der Waals surface area contributed by atoms with Crippen LogP contribution < -0.4 is 10.6 Å². The molecule has 0 spiro atoms. The quantitative estimate of drug-likeness (QED) is 0.839. The fourth-order valence-electron chi connectivity index (χ4n) is 2.25. The molecule has 1 aliphatic heterocycles. The zero-order valence-corrected chi connectivity index (χ0v) is 13.7. The summed E-state index contributed by atoms with van der Waals surface area (Å²) in [4.78, 5) is 13.4. The summed E-state index contributed by atoms with van der Waals surface area (Å²) >= 11 is 1.74. The standard InChI is InChI=1S/C15H22N2OS.ClH/c1-11(2)19-14-8-4-3-7-13(14)15(18)17-12-6-5-9-16-10-12;/h3-4,7-8,11-12,16H,5-6,9-10H2,1-2H3,(H,17,18);1H/t12-;/m0./s1. The molecule has 1 aromatic carbocycles. The van der Waals surface area contributed by atoms with Crippen LogP contribution in [0.3, 0.4) is 0 Å². The van der Waals surface area contributed by atoms with Gasteiger partial charge in [-0.25, -0.2) is 0 Å². The number of benzene rings is 1. The first-order chi connectivity index (χ1) is 9.16. The van der Waals surface area contributed by atoms with E-state index in [0.29, 0.717) is 5.25 Å². The summed E-state index contributed by atoms with van der Waals surface area (Å²) in [6.07, 6.45) is 2.20. The van der Waals surface area contributed by atoms with E-state index in [1.807, 2.05) is 24.3 Å². The van der Waals surface area contributed by atoms with Gasteiger partial charge in [-0.2, -0.15) is 0 Å². The number of halogens is 1. The van der Waals surface area contributed by atoms with Crippen molar-refractivity contribution in [2.45, 2.75) is 42.9 Å². The first-order valence-corrected chi connectivity index (χ1v) is 7.82. The van der Waals surface area contributed by atoms with Gasteiger partial charge in [-0.3, -0.25) is 4.79 Å². The zero-order valence-electron chi connectivity index (χ0n) is 12.0. The maximum atomic E-state index is 12.4. The topological polar surface area (TPSA) is 41.1 Å². The van der Waals surface area contributed by atoms with E-state index in [4.69, 9.17) is 0 Å². The molecule has 1 aliphatic rings. The fourth-order valence-corrected chi connectivity index (χ4v) is 3.20. The molecule has 0 aromatic heterocycles. The van der Waals surface area contributed by atoms with Crippen LogP contribution in [0.15, 0.2) is 29.2 Å². The minimum absolute atomic E-state index is 0. The van der Waals surface area contributed by atoms with Gasteiger partial charge in [0, 0.05) is 22.7 Å². The van der Waals surface area contributed by atoms with Crippen LogP contribution >= 0.6 is 24.2 Å². The predicted molar refractivity (Wildman–Crippen MR) is 88.0 cm³/mol. The molecule has 1 heterocycles. The molecule has 1 saturated heterocycles. The molecule has 2 rings (SSSR count). The fraction of sp³-hybridized carbons (Fsp3) is 0.533. The summed E-state index contributed by atoms with van der Waals surface area (Å²) in [5, 5.41) is 6.93. The van der Waals surface area contributed by atoms with E-state index in [2.05, 4.69) is 24.5 Å². The first kappa shape index (κ1) is 17.3. The third-order valence-corrected chi connectivity index (χ3v) is 4.21. The summed E-state index contributed by atoms with van der Waals surface area (Å²) in [6, 6.07) is 8.12. The Bertz CT molecular complexity index is 434. The summed E-state index contributed by atoms with van der Waals surface area (Å²) in [6.45, 7) is 6.23. The van der Waals surface area contributed by atoms with Gasteiger partial charge >= 0.3 is 0 Å². The SMILES string of the molecule is CC(C)Sc1ccccc1C(=O)N[C@H]1CCCNC1.Cl. The van der Waals surface area contributed by atoms with Crippen molar-refractivity contribution in [3.63, 3.8) is 0 Å². The van der Waals surface area contributed by atoms with Crippen molar-refractivity contribution < 1.29 is 4.79 Å². The average Bonchev–Trinajstić information content (AvgIpc) is 2.39. The maximum Gasteiger partial charge on any atom is 0.252 e. The first-order valence-electron chi connectivity index (χ1n) is 6.94. The van der Waals surface area contributed by atoms with E-state index >= 15 is 0 Å². The molecular weight excluding hydrogens is 292 g/mol. The summed E-state index contributed by atoms with van der Waals surface area (Å²) < 4.78 is 0. The van der Waals surface area contributed by atoms with Crippen LogP contribution in [0.4, 0.5) is 0 Å². The van der Waals surface area contributed by atoms with Gasteiger partial charge in [0.05, 0.1) is 5.56 Å². The summed E-state index contributed by atoms with van der Waals surface area (Å²) in [5.41, 5.74) is 0.798. The van der Waals surface area contributed by atoms with E-state index in [0.717, 1.165) is 36.4 Å². The molecule has 3 nitrogen and oxygen atoms in total. The van der Waals surface area contributed by atoms with E-state index < -0.39 is 0 Å². The van der Waals surface area contributed by atoms with Gasteiger partial charge in [-0.15, -0.1) is 24.2 Å². The lowest BCUT2D eigenvalue weighted by Crippen LogP contribution is -2.45. The van der Waals surface area contributed by atoms with Crippen molar-refractivity contribution in [1.29, 1.82) is 0 Å². The second-order valence-electron chi connectivity index (χ2n) is 5.18. The molecule has 1 atom stereocenters. The Morgan fingerprint density at radius 3 is 2.80 bits per heavy atom. The van der Waals surface area contributed by atoms with E-state index in [9.17, 15) is 4.79 Å². The lowest BCUT2D eigenvalue weighted by atomic mass is 10.1. The summed E-state index contributed by atoms with van der Waals surface area (Å²) in [5.74, 6) is 0.0532. The molecule has 0 radical (unpaired) electrons. The van der Waals surface area contributed by atoms with Crippen LogP contribution in [0, 0.1) is 0 Å². The van der Waals surface area contributed by atoms with Crippen molar-refractivity contribution in [3.8, 4) is 0 Å². The molecule has 1 aromatic rings. The predicted octanol–water partition coefficient (Wildman–Crippen LogP) is 3.09. The highest BCUT2D eigenvalue weighted by molar-refractivity contribution is 8.00. The minimum atomic E-state index is 0. The molecule has 20 heavy (non-hydrogen) atoms. The highest BCUT2D eigenvalue weighted by Crippen LogP contribution is 2.26. The molecule has 0 bridgehead atoms. The van der Waals surface area contributed by atoms with Crippen LogP contribution in [-0.4, -0.2) is 30.3 Å². The molecule has 1 amide bonds. The largest absolute Gasteiger partial charge is 0.348 e. The smallest absolute Gasteiger partial charge is 0.252 e. The van der Waals surface area contributed by atoms with Crippen LogP contribution in [0.1, 0.15) is 37.0 Å². The van der Waals surface area contributed by atoms with Crippen LogP contribution in [0.25, 0.3) is 0 Å². The Kier molecular flexibility index (Phi) is 7.41. The normalized spacial score (nSPS) is 18.4. The number of carbonyl (C=O) groups excluding carboxylic acids is 1. The number of hydrogen-bond donors (Lipinski definition) is 2. The third-order valence-electron chi connectivity index (χ3n) is 3.13. The Balaban J connectivity index is 0.00000200. The molecule has 5 heteroatoms. The average molecular weight is 315 g/mol. The Hall–Kier alpha value is -0.710. The number of carbonyl (C=O) groups is 1. The Labute approximate surface area is 131 Å². The van der Waals surface area contributed by atoms with Crippen molar-refractivity contribution in [2.24, 2.45) is 0 Å². The molecule has 1 fully saturated rings. The number of piperidine rings is 1. The second kappa shape index (κ2) is 8.55. The van der Waals surface area contributed by atoms with Gasteiger partial charge < -0.3 is 10.6 Å². The monoisotopic (exact) mass is 314 g/mol. The van der Waals surface area contributed by atoms with E-state index in [1.165, 1.54) is 0 Å². The van der Waals surface area contributed by atoms with Gasteiger partial charge in [-0.1, -0.05) is 26.0 Å².